The summed E-state index contributed by atoms with van der Waals surface area (Å²) < 4.78 is 0. The third-order valence-electron chi connectivity index (χ3n) is 11.5. The molecule has 0 radical (unpaired) electrons. The highest BCUT2D eigenvalue weighted by molar-refractivity contribution is 6.17. The van der Waals surface area contributed by atoms with E-state index in [9.17, 15) is 39.3 Å². The van der Waals surface area contributed by atoms with Crippen molar-refractivity contribution in [2.45, 2.75) is 99.2 Å². The van der Waals surface area contributed by atoms with E-state index in [1.165, 1.54) is 6.92 Å². The van der Waals surface area contributed by atoms with Crippen LogP contribution in [-0.4, -0.2) is 56.6 Å². The van der Waals surface area contributed by atoms with Gasteiger partial charge in [0.05, 0.1) is 17.4 Å². The first kappa shape index (κ1) is 28.8. The highest BCUT2D eigenvalue weighted by atomic mass is 16.4. The molecule has 8 heteroatoms. The van der Waals surface area contributed by atoms with E-state index in [1.54, 1.807) is 20.8 Å². The highest BCUT2D eigenvalue weighted by Gasteiger charge is 2.73. The summed E-state index contributed by atoms with van der Waals surface area (Å²) in [6.45, 7) is 12.4. The normalized spacial score (nSPS) is 41.8. The zero-order valence-corrected chi connectivity index (χ0v) is 23.6. The first-order chi connectivity index (χ1) is 17.4. The van der Waals surface area contributed by atoms with Crippen LogP contribution in [0.15, 0.2) is 11.1 Å². The fourth-order valence-corrected chi connectivity index (χ4v) is 8.86. The maximum atomic E-state index is 14.1. The number of hydrogen-bond donors (Lipinski definition) is 3. The lowest BCUT2D eigenvalue weighted by molar-refractivity contribution is -0.159. The molecule has 4 aliphatic rings. The molecule has 9 atom stereocenters. The molecule has 38 heavy (non-hydrogen) atoms. The Kier molecular flexibility index (Phi) is 6.76. The van der Waals surface area contributed by atoms with Crippen molar-refractivity contribution in [2.24, 2.45) is 45.3 Å². The fraction of sp³-hybridized carbons (Fsp3) is 0.767. The Balaban J connectivity index is 1.80. The van der Waals surface area contributed by atoms with Gasteiger partial charge in [0.15, 0.2) is 11.6 Å². The van der Waals surface area contributed by atoms with E-state index in [1.807, 2.05) is 20.8 Å². The second-order valence-electron chi connectivity index (χ2n) is 13.8. The van der Waals surface area contributed by atoms with Gasteiger partial charge in [0.2, 0.25) is 0 Å². The van der Waals surface area contributed by atoms with E-state index in [0.717, 1.165) is 0 Å². The van der Waals surface area contributed by atoms with E-state index >= 15 is 0 Å². The zero-order valence-electron chi connectivity index (χ0n) is 23.6. The van der Waals surface area contributed by atoms with Gasteiger partial charge in [-0.2, -0.15) is 0 Å². The van der Waals surface area contributed by atoms with Crippen LogP contribution in [0, 0.1) is 45.3 Å². The Morgan fingerprint density at radius 1 is 0.947 bits per heavy atom. The van der Waals surface area contributed by atoms with Crippen molar-refractivity contribution < 1.29 is 39.3 Å². The molecule has 3 N–H and O–H groups in total. The molecule has 2 fully saturated rings. The lowest BCUT2D eigenvalue weighted by Crippen LogP contribution is -2.64. The topological polar surface area (TPSA) is 146 Å². The minimum absolute atomic E-state index is 0.0217. The molecule has 0 aliphatic heterocycles. The van der Waals surface area contributed by atoms with Crippen LogP contribution in [0.3, 0.4) is 0 Å². The lowest BCUT2D eigenvalue weighted by Gasteiger charge is -2.60. The zero-order chi connectivity index (χ0) is 28.7. The second kappa shape index (κ2) is 8.91. The molecule has 0 aromatic heterocycles. The van der Waals surface area contributed by atoms with E-state index < -0.39 is 63.4 Å². The van der Waals surface area contributed by atoms with Gasteiger partial charge >= 0.3 is 5.97 Å². The molecule has 2 saturated carbocycles. The van der Waals surface area contributed by atoms with Crippen LogP contribution < -0.4 is 0 Å². The number of ketones is 4. The average molecular weight is 531 g/mol. The van der Waals surface area contributed by atoms with Gasteiger partial charge in [-0.15, -0.1) is 0 Å². The molecule has 210 valence electrons. The van der Waals surface area contributed by atoms with Crippen LogP contribution in [-0.2, 0) is 24.0 Å². The van der Waals surface area contributed by atoms with Crippen LogP contribution in [0.1, 0.15) is 87.0 Å². The molecule has 0 spiro atoms. The third kappa shape index (κ3) is 3.58. The molecule has 0 bridgehead atoms. The largest absolute Gasteiger partial charge is 0.481 e. The predicted octanol–water partition coefficient (Wildman–Crippen LogP) is 3.31. The van der Waals surface area contributed by atoms with E-state index in [2.05, 4.69) is 0 Å². The number of carbonyl (C=O) groups excluding carboxylic acids is 4. The molecule has 0 aromatic carbocycles. The molecule has 4 rings (SSSR count). The minimum atomic E-state index is -1.53. The van der Waals surface area contributed by atoms with Crippen molar-refractivity contribution in [3.63, 3.8) is 0 Å². The summed E-state index contributed by atoms with van der Waals surface area (Å²) in [5.74, 6) is -4.41. The third-order valence-corrected chi connectivity index (χ3v) is 11.5. The summed E-state index contributed by atoms with van der Waals surface area (Å²) in [7, 11) is 0. The Hall–Kier alpha value is -2.19. The number of rotatable bonds is 6. The van der Waals surface area contributed by atoms with Crippen molar-refractivity contribution in [2.75, 3.05) is 0 Å². The number of carbonyl (C=O) groups is 5. The maximum Gasteiger partial charge on any atom is 0.306 e. The summed E-state index contributed by atoms with van der Waals surface area (Å²) in [5, 5.41) is 31.6. The number of fused-ring (bicyclic) bond motifs is 4. The van der Waals surface area contributed by atoms with Crippen LogP contribution in [0.4, 0.5) is 0 Å². The first-order valence-corrected chi connectivity index (χ1v) is 13.8. The Bertz CT molecular complexity index is 1150. The van der Waals surface area contributed by atoms with Crippen LogP contribution in [0.2, 0.25) is 0 Å². The summed E-state index contributed by atoms with van der Waals surface area (Å²) in [6.07, 6.45) is -1.20. The van der Waals surface area contributed by atoms with Crippen LogP contribution in [0.5, 0.6) is 0 Å². The molecule has 8 nitrogen and oxygen atoms in total. The molecule has 0 heterocycles. The molecule has 0 saturated heterocycles. The SMILES string of the molecule is C[C@H](CC(=O)C[C@@H](C)[C@H]1CC(=O)[C@@]2(C)C3=C(C(=O)[C@@H](O)[C@]12C)[C@@]1(C)CC[C@H](O)C(C)(C)C1CC3=O)C(=O)O. The molecular formula is C30H42O8. The number of Topliss-reactive ketones (excluding diaryl/α,β-unsaturated/α-hetero) is 4. The number of aliphatic hydroxyl groups is 2. The first-order valence-electron chi connectivity index (χ1n) is 13.8. The van der Waals surface area contributed by atoms with E-state index in [0.29, 0.717) is 12.8 Å². The minimum Gasteiger partial charge on any atom is -0.481 e. The van der Waals surface area contributed by atoms with Crippen LogP contribution in [0.25, 0.3) is 0 Å². The van der Waals surface area contributed by atoms with Gasteiger partial charge in [0, 0.05) is 47.7 Å². The monoisotopic (exact) mass is 530 g/mol. The van der Waals surface area contributed by atoms with E-state index in [-0.39, 0.29) is 60.1 Å². The van der Waals surface area contributed by atoms with Crippen LogP contribution >= 0.6 is 0 Å². The van der Waals surface area contributed by atoms with Crippen molar-refractivity contribution in [3.05, 3.63) is 11.1 Å². The standard InChI is InChI=1S/C30H42O8/c1-14(10-16(31)11-15(2)26(37)38)17-12-21(34)30(7)22-18(32)13-19-27(3,4)20(33)8-9-28(19,5)23(22)24(35)25(36)29(17,30)6/h14-15,17,19-20,25,33,36H,8-13H2,1-7H3,(H,37,38)/t14-,15-,17-,19?,20+,25-,28+,29+,30+/m1/s1. The Morgan fingerprint density at radius 2 is 1.55 bits per heavy atom. The fourth-order valence-electron chi connectivity index (χ4n) is 8.86. The Morgan fingerprint density at radius 3 is 2.13 bits per heavy atom. The quantitative estimate of drug-likeness (QED) is 0.474. The number of allylic oxidation sites excluding steroid dienone is 1. The lowest BCUT2D eigenvalue weighted by atomic mass is 9.42. The number of carboxylic acids is 1. The summed E-state index contributed by atoms with van der Waals surface area (Å²) in [5.41, 5.74) is -3.58. The van der Waals surface area contributed by atoms with Crippen molar-refractivity contribution >= 4 is 29.1 Å². The van der Waals surface area contributed by atoms with Gasteiger partial charge in [-0.1, -0.05) is 41.5 Å². The van der Waals surface area contributed by atoms with Crippen molar-refractivity contribution in [3.8, 4) is 0 Å². The number of hydrogen-bond acceptors (Lipinski definition) is 7. The molecular weight excluding hydrogens is 488 g/mol. The van der Waals surface area contributed by atoms with Gasteiger partial charge in [-0.25, -0.2) is 0 Å². The molecule has 0 aromatic rings. The maximum absolute atomic E-state index is 14.1. The summed E-state index contributed by atoms with van der Waals surface area (Å²) in [6, 6.07) is 0. The smallest absolute Gasteiger partial charge is 0.306 e. The van der Waals surface area contributed by atoms with Gasteiger partial charge in [0.25, 0.3) is 0 Å². The summed E-state index contributed by atoms with van der Waals surface area (Å²) in [4.78, 5) is 65.8. The van der Waals surface area contributed by atoms with Gasteiger partial charge in [0.1, 0.15) is 17.7 Å². The Labute approximate surface area is 224 Å². The second-order valence-corrected chi connectivity index (χ2v) is 13.8. The highest BCUT2D eigenvalue weighted by Crippen LogP contribution is 2.70. The molecule has 0 amide bonds. The van der Waals surface area contributed by atoms with Gasteiger partial charge in [-0.3, -0.25) is 24.0 Å². The van der Waals surface area contributed by atoms with Crippen molar-refractivity contribution in [1.82, 2.24) is 0 Å². The molecule has 1 unspecified atom stereocenters. The van der Waals surface area contributed by atoms with E-state index in [4.69, 9.17) is 0 Å². The molecule has 4 aliphatic carbocycles. The summed E-state index contributed by atoms with van der Waals surface area (Å²) >= 11 is 0. The van der Waals surface area contributed by atoms with Crippen molar-refractivity contribution in [1.29, 1.82) is 0 Å². The number of aliphatic carboxylic acids is 1. The van der Waals surface area contributed by atoms with Gasteiger partial charge < -0.3 is 15.3 Å². The predicted molar refractivity (Wildman–Crippen MR) is 138 cm³/mol. The average Bonchev–Trinajstić information content (AvgIpc) is 3.03. The number of aliphatic hydroxyl groups excluding tert-OH is 2. The van der Waals surface area contributed by atoms with Gasteiger partial charge in [-0.05, 0) is 42.9 Å². The number of carboxylic acid groups (broad SMARTS) is 1.